The zero-order chi connectivity index (χ0) is 14.2. The van der Waals surface area contributed by atoms with Crippen LogP contribution in [-0.2, 0) is 4.74 Å². The summed E-state index contributed by atoms with van der Waals surface area (Å²) in [4.78, 5) is 2.55. The van der Waals surface area contributed by atoms with Gasteiger partial charge in [0.15, 0.2) is 0 Å². The predicted molar refractivity (Wildman–Crippen MR) is 86.1 cm³/mol. The molecule has 2 rings (SSSR count). The van der Waals surface area contributed by atoms with Crippen LogP contribution >= 0.6 is 11.6 Å². The quantitative estimate of drug-likeness (QED) is 0.589. The third-order valence-electron chi connectivity index (χ3n) is 3.79. The van der Waals surface area contributed by atoms with Gasteiger partial charge in [0.1, 0.15) is 0 Å². The van der Waals surface area contributed by atoms with Crippen LogP contribution in [0.15, 0.2) is 35.4 Å². The lowest BCUT2D eigenvalue weighted by Crippen LogP contribution is -2.20. The van der Waals surface area contributed by atoms with Crippen molar-refractivity contribution in [2.45, 2.75) is 44.6 Å². The highest BCUT2D eigenvalue weighted by Gasteiger charge is 2.21. The van der Waals surface area contributed by atoms with Gasteiger partial charge in [-0.05, 0) is 69.8 Å². The van der Waals surface area contributed by atoms with Gasteiger partial charge in [0, 0.05) is 5.03 Å². The second-order valence-electron chi connectivity index (χ2n) is 5.73. The van der Waals surface area contributed by atoms with E-state index in [4.69, 9.17) is 16.3 Å². The lowest BCUT2D eigenvalue weighted by Gasteiger charge is -2.14. The third-order valence-corrected chi connectivity index (χ3v) is 4.01. The van der Waals surface area contributed by atoms with Gasteiger partial charge in [-0.2, -0.15) is 0 Å². The molecule has 0 aromatic heterocycles. The van der Waals surface area contributed by atoms with Crippen LogP contribution in [0.2, 0.25) is 0 Å². The Morgan fingerprint density at radius 3 is 2.70 bits per heavy atom. The summed E-state index contributed by atoms with van der Waals surface area (Å²) in [6, 6.07) is 0. The summed E-state index contributed by atoms with van der Waals surface area (Å²) in [5.41, 5.74) is 1.25. The number of likely N-dealkylation sites (tertiary alicyclic amines) is 1. The standard InChI is InChI=1S/C17H26ClNO/c1-2-6-15(7-5-12-19-10-3-4-11-19)13-16(18)14-20-17-8-9-17/h2,6,13,17H,1,3-5,7-12,14H2/b15-6-,16-13+. The number of ether oxygens (including phenoxy) is 1. The van der Waals surface area contributed by atoms with Crippen LogP contribution in [0, 0.1) is 0 Å². The molecule has 112 valence electrons. The lowest BCUT2D eigenvalue weighted by atomic mass is 10.1. The van der Waals surface area contributed by atoms with Crippen molar-refractivity contribution in [1.29, 1.82) is 0 Å². The fraction of sp³-hybridized carbons (Fsp3) is 0.647. The summed E-state index contributed by atoms with van der Waals surface area (Å²) in [5, 5.41) is 0.797. The Morgan fingerprint density at radius 1 is 1.30 bits per heavy atom. The second kappa shape index (κ2) is 8.66. The average molecular weight is 296 g/mol. The molecule has 0 unspecified atom stereocenters. The van der Waals surface area contributed by atoms with E-state index in [1.54, 1.807) is 0 Å². The topological polar surface area (TPSA) is 12.5 Å². The first-order valence-electron chi connectivity index (χ1n) is 7.79. The normalized spacial score (nSPS) is 21.4. The highest BCUT2D eigenvalue weighted by Crippen LogP contribution is 2.25. The first kappa shape index (κ1) is 15.8. The molecule has 0 atom stereocenters. The van der Waals surface area contributed by atoms with Crippen molar-refractivity contribution in [3.05, 3.63) is 35.4 Å². The SMILES string of the molecule is C=C/C=C(\C=C(\Cl)COC1CC1)CCCN1CCCC1. The molecule has 0 spiro atoms. The van der Waals surface area contributed by atoms with E-state index in [0.717, 1.165) is 11.5 Å². The summed E-state index contributed by atoms with van der Waals surface area (Å²) in [5.74, 6) is 0. The molecular formula is C17H26ClNO. The Labute approximate surface area is 128 Å². The van der Waals surface area contributed by atoms with Gasteiger partial charge in [-0.1, -0.05) is 30.3 Å². The van der Waals surface area contributed by atoms with Crippen molar-refractivity contribution in [1.82, 2.24) is 4.90 Å². The van der Waals surface area contributed by atoms with E-state index in [0.29, 0.717) is 12.7 Å². The first-order chi connectivity index (χ1) is 9.78. The van der Waals surface area contributed by atoms with E-state index in [-0.39, 0.29) is 0 Å². The van der Waals surface area contributed by atoms with Crippen LogP contribution in [0.5, 0.6) is 0 Å². The van der Waals surface area contributed by atoms with Crippen molar-refractivity contribution in [3.8, 4) is 0 Å². The molecule has 1 saturated heterocycles. The number of allylic oxidation sites excluding steroid dienone is 4. The van der Waals surface area contributed by atoms with Gasteiger partial charge >= 0.3 is 0 Å². The van der Waals surface area contributed by atoms with Crippen molar-refractivity contribution < 1.29 is 4.74 Å². The van der Waals surface area contributed by atoms with Crippen LogP contribution in [0.1, 0.15) is 38.5 Å². The first-order valence-corrected chi connectivity index (χ1v) is 8.17. The van der Waals surface area contributed by atoms with Gasteiger partial charge < -0.3 is 9.64 Å². The van der Waals surface area contributed by atoms with Crippen molar-refractivity contribution in [3.63, 3.8) is 0 Å². The molecule has 0 aromatic carbocycles. The molecule has 3 heteroatoms. The summed E-state index contributed by atoms with van der Waals surface area (Å²) in [6.07, 6.45) is 13.8. The largest absolute Gasteiger partial charge is 0.373 e. The van der Waals surface area contributed by atoms with Crippen molar-refractivity contribution in [2.24, 2.45) is 0 Å². The van der Waals surface area contributed by atoms with E-state index in [9.17, 15) is 0 Å². The van der Waals surface area contributed by atoms with Crippen LogP contribution in [-0.4, -0.2) is 37.2 Å². The number of hydrogen-bond acceptors (Lipinski definition) is 2. The molecule has 0 N–H and O–H groups in total. The van der Waals surface area contributed by atoms with E-state index in [2.05, 4.69) is 23.6 Å². The maximum atomic E-state index is 6.24. The molecule has 1 aliphatic carbocycles. The molecule has 0 amide bonds. The fourth-order valence-electron chi connectivity index (χ4n) is 2.54. The van der Waals surface area contributed by atoms with Gasteiger partial charge in [-0.15, -0.1) is 0 Å². The Balaban J connectivity index is 1.71. The molecule has 1 saturated carbocycles. The van der Waals surface area contributed by atoms with Gasteiger partial charge in [0.05, 0.1) is 12.7 Å². The van der Waals surface area contributed by atoms with E-state index in [1.807, 2.05) is 6.08 Å². The molecular weight excluding hydrogens is 270 g/mol. The maximum absolute atomic E-state index is 6.24. The smallest absolute Gasteiger partial charge is 0.0826 e. The lowest BCUT2D eigenvalue weighted by molar-refractivity contribution is 0.145. The molecule has 1 heterocycles. The molecule has 0 radical (unpaired) electrons. The summed E-state index contributed by atoms with van der Waals surface area (Å²) in [6.45, 7) is 8.07. The van der Waals surface area contributed by atoms with Gasteiger partial charge in [-0.3, -0.25) is 0 Å². The molecule has 0 aromatic rings. The van der Waals surface area contributed by atoms with Crippen LogP contribution in [0.3, 0.4) is 0 Å². The fourth-order valence-corrected chi connectivity index (χ4v) is 2.75. The number of halogens is 1. The molecule has 1 aliphatic heterocycles. The number of nitrogens with zero attached hydrogens (tertiary/aromatic N) is 1. The van der Waals surface area contributed by atoms with Gasteiger partial charge in [-0.25, -0.2) is 0 Å². The Bertz CT molecular complexity index is 365. The van der Waals surface area contributed by atoms with Gasteiger partial charge in [0.25, 0.3) is 0 Å². The molecule has 0 bridgehead atoms. The maximum Gasteiger partial charge on any atom is 0.0826 e. The Kier molecular flexibility index (Phi) is 6.85. The minimum atomic E-state index is 0.458. The zero-order valence-electron chi connectivity index (χ0n) is 12.3. The summed E-state index contributed by atoms with van der Waals surface area (Å²) in [7, 11) is 0. The summed E-state index contributed by atoms with van der Waals surface area (Å²) >= 11 is 6.24. The van der Waals surface area contributed by atoms with Crippen LogP contribution in [0.4, 0.5) is 0 Å². The highest BCUT2D eigenvalue weighted by atomic mass is 35.5. The van der Waals surface area contributed by atoms with Crippen molar-refractivity contribution >= 4 is 11.6 Å². The minimum Gasteiger partial charge on any atom is -0.373 e. The van der Waals surface area contributed by atoms with E-state index >= 15 is 0 Å². The van der Waals surface area contributed by atoms with Gasteiger partial charge in [0.2, 0.25) is 0 Å². The van der Waals surface area contributed by atoms with Crippen LogP contribution < -0.4 is 0 Å². The Hall–Kier alpha value is -0.570. The second-order valence-corrected chi connectivity index (χ2v) is 6.22. The minimum absolute atomic E-state index is 0.458. The predicted octanol–water partition coefficient (Wildman–Crippen LogP) is 4.28. The van der Waals surface area contributed by atoms with Crippen LogP contribution in [0.25, 0.3) is 0 Å². The molecule has 20 heavy (non-hydrogen) atoms. The monoisotopic (exact) mass is 295 g/mol. The average Bonchev–Trinajstić information content (AvgIpc) is 3.12. The van der Waals surface area contributed by atoms with Crippen molar-refractivity contribution in [2.75, 3.05) is 26.2 Å². The Morgan fingerprint density at radius 2 is 2.05 bits per heavy atom. The highest BCUT2D eigenvalue weighted by molar-refractivity contribution is 6.29. The van der Waals surface area contributed by atoms with E-state index < -0.39 is 0 Å². The zero-order valence-corrected chi connectivity index (χ0v) is 13.1. The molecule has 2 fully saturated rings. The van der Waals surface area contributed by atoms with E-state index in [1.165, 1.54) is 57.3 Å². The number of hydrogen-bond donors (Lipinski definition) is 0. The number of rotatable bonds is 9. The third kappa shape index (κ3) is 6.25. The molecule has 2 nitrogen and oxygen atoms in total. The summed E-state index contributed by atoms with van der Waals surface area (Å²) < 4.78 is 5.62. The molecule has 2 aliphatic rings.